The highest BCUT2D eigenvalue weighted by molar-refractivity contribution is 6.01. The van der Waals surface area contributed by atoms with Crippen molar-refractivity contribution in [2.45, 2.75) is 92.3 Å². The molecule has 4 amide bonds. The summed E-state index contributed by atoms with van der Waals surface area (Å²) in [5.74, 6) is -3.64. The number of amides is 4. The zero-order valence-electron chi connectivity index (χ0n) is 20.5. The first-order valence-corrected chi connectivity index (χ1v) is 10.7. The summed E-state index contributed by atoms with van der Waals surface area (Å²) >= 11 is 0. The first kappa shape index (κ1) is 30.0. The molecule has 33 heavy (non-hydrogen) atoms. The maximum atomic E-state index is 12.3. The molecule has 0 bridgehead atoms. The van der Waals surface area contributed by atoms with E-state index in [1.54, 1.807) is 0 Å². The molecular formula is C21H34N2O10. The lowest BCUT2D eigenvalue weighted by molar-refractivity contribution is -0.212. The van der Waals surface area contributed by atoms with Crippen molar-refractivity contribution >= 4 is 35.8 Å². The average molecular weight is 475 g/mol. The van der Waals surface area contributed by atoms with E-state index in [9.17, 15) is 28.8 Å². The fourth-order valence-electron chi connectivity index (χ4n) is 2.27. The number of nitrogens with zero attached hydrogens (tertiary/aromatic N) is 2. The van der Waals surface area contributed by atoms with Crippen molar-refractivity contribution in [3.05, 3.63) is 0 Å². The highest BCUT2D eigenvalue weighted by Gasteiger charge is 2.39. The Balaban J connectivity index is 0.00000497. The van der Waals surface area contributed by atoms with E-state index in [-0.39, 0.29) is 32.3 Å². The highest BCUT2D eigenvalue weighted by Crippen LogP contribution is 2.21. The summed E-state index contributed by atoms with van der Waals surface area (Å²) in [4.78, 5) is 79.9. The van der Waals surface area contributed by atoms with Gasteiger partial charge in [-0.3, -0.25) is 24.0 Å². The SMILES string of the molecule is CC.CCC(=O)N(OC(=O)OC(C)(C)CCOC(C)(C)C(=O)ON1C(=O)CCC1=O)C(C)=O. The molecule has 1 saturated heterocycles. The molecule has 12 nitrogen and oxygen atoms in total. The molecule has 0 aliphatic carbocycles. The van der Waals surface area contributed by atoms with Crippen LogP contribution >= 0.6 is 0 Å². The molecule has 1 aliphatic heterocycles. The van der Waals surface area contributed by atoms with Crippen molar-refractivity contribution in [1.29, 1.82) is 0 Å². The van der Waals surface area contributed by atoms with Crippen molar-refractivity contribution in [2.75, 3.05) is 6.61 Å². The Morgan fingerprint density at radius 2 is 1.52 bits per heavy atom. The molecule has 0 spiro atoms. The maximum absolute atomic E-state index is 12.3. The van der Waals surface area contributed by atoms with Crippen LogP contribution in [0.2, 0.25) is 0 Å². The number of rotatable bonds is 8. The van der Waals surface area contributed by atoms with Gasteiger partial charge < -0.3 is 14.3 Å². The fraction of sp³-hybridized carbons (Fsp3) is 0.714. The Morgan fingerprint density at radius 3 is 1.97 bits per heavy atom. The Kier molecular flexibility index (Phi) is 11.7. The van der Waals surface area contributed by atoms with E-state index in [0.717, 1.165) is 6.92 Å². The third-order valence-corrected chi connectivity index (χ3v) is 4.18. The monoisotopic (exact) mass is 474 g/mol. The molecule has 0 N–H and O–H groups in total. The molecule has 0 aromatic heterocycles. The molecule has 1 fully saturated rings. The van der Waals surface area contributed by atoms with Gasteiger partial charge >= 0.3 is 12.1 Å². The minimum Gasteiger partial charge on any atom is -0.427 e. The van der Waals surface area contributed by atoms with Crippen LogP contribution in [0.4, 0.5) is 4.79 Å². The van der Waals surface area contributed by atoms with E-state index in [1.165, 1.54) is 34.6 Å². The highest BCUT2D eigenvalue weighted by atomic mass is 16.8. The van der Waals surface area contributed by atoms with Gasteiger partial charge in [-0.15, -0.1) is 5.06 Å². The summed E-state index contributed by atoms with van der Waals surface area (Å²) in [7, 11) is 0. The number of imide groups is 2. The zero-order valence-corrected chi connectivity index (χ0v) is 20.5. The average Bonchev–Trinajstić information content (AvgIpc) is 3.04. The van der Waals surface area contributed by atoms with Crippen molar-refractivity contribution in [3.8, 4) is 0 Å². The summed E-state index contributed by atoms with van der Waals surface area (Å²) in [6.45, 7) is 12.3. The van der Waals surface area contributed by atoms with Crippen molar-refractivity contribution in [1.82, 2.24) is 10.1 Å². The van der Waals surface area contributed by atoms with Gasteiger partial charge in [-0.25, -0.2) is 9.59 Å². The standard InChI is InChI=1S/C19H28N2O10.C2H6/c1-7-13(23)20(12(2)22)31-17(27)29-18(3,4)10-11-28-19(5,6)16(26)30-21-14(24)8-9-15(21)25;1-2/h7-11H2,1-6H3;1-2H3. The number of carbonyl (C=O) groups excluding carboxylic acids is 6. The molecule has 1 rings (SSSR count). The zero-order chi connectivity index (χ0) is 26.0. The van der Waals surface area contributed by atoms with Crippen LogP contribution in [0.5, 0.6) is 0 Å². The van der Waals surface area contributed by atoms with E-state index < -0.39 is 47.0 Å². The quantitative estimate of drug-likeness (QED) is 0.292. The molecule has 0 aromatic carbocycles. The number of ether oxygens (including phenoxy) is 2. The lowest BCUT2D eigenvalue weighted by Crippen LogP contribution is -2.44. The van der Waals surface area contributed by atoms with E-state index in [4.69, 9.17) is 14.3 Å². The summed E-state index contributed by atoms with van der Waals surface area (Å²) < 4.78 is 10.6. The van der Waals surface area contributed by atoms with E-state index in [2.05, 4.69) is 4.84 Å². The Hall–Kier alpha value is -3.02. The third-order valence-electron chi connectivity index (χ3n) is 4.18. The third kappa shape index (κ3) is 9.56. The molecule has 0 unspecified atom stereocenters. The lowest BCUT2D eigenvalue weighted by atomic mass is 10.1. The van der Waals surface area contributed by atoms with E-state index in [1.807, 2.05) is 13.8 Å². The summed E-state index contributed by atoms with van der Waals surface area (Å²) in [6, 6.07) is 0. The Morgan fingerprint density at radius 1 is 1.00 bits per heavy atom. The molecule has 12 heteroatoms. The van der Waals surface area contributed by atoms with Gasteiger partial charge in [0.2, 0.25) is 0 Å². The molecule has 0 saturated carbocycles. The molecule has 0 atom stereocenters. The van der Waals surface area contributed by atoms with Gasteiger partial charge in [0.25, 0.3) is 23.6 Å². The second kappa shape index (κ2) is 12.9. The topological polar surface area (TPSA) is 146 Å². The minimum absolute atomic E-state index is 0.0278. The number of hydrogen-bond donors (Lipinski definition) is 0. The Labute approximate surface area is 193 Å². The van der Waals surface area contributed by atoms with Crippen LogP contribution in [0.15, 0.2) is 0 Å². The van der Waals surface area contributed by atoms with Crippen LogP contribution in [0, 0.1) is 0 Å². The van der Waals surface area contributed by atoms with Gasteiger partial charge in [-0.1, -0.05) is 25.8 Å². The van der Waals surface area contributed by atoms with Crippen LogP contribution in [0.3, 0.4) is 0 Å². The largest absolute Gasteiger partial charge is 0.534 e. The predicted octanol–water partition coefficient (Wildman–Crippen LogP) is 2.44. The maximum Gasteiger partial charge on any atom is 0.534 e. The summed E-state index contributed by atoms with van der Waals surface area (Å²) in [5, 5.41) is 0.740. The van der Waals surface area contributed by atoms with Gasteiger partial charge in [0.05, 0.1) is 6.61 Å². The number of hydroxylamine groups is 4. The molecular weight excluding hydrogens is 440 g/mol. The normalized spacial score (nSPS) is 13.6. The van der Waals surface area contributed by atoms with Gasteiger partial charge in [-0.2, -0.15) is 0 Å². The van der Waals surface area contributed by atoms with Crippen molar-refractivity contribution in [2.24, 2.45) is 0 Å². The molecule has 0 radical (unpaired) electrons. The van der Waals surface area contributed by atoms with Gasteiger partial charge in [0.15, 0.2) is 5.60 Å². The number of carbonyl (C=O) groups is 6. The minimum atomic E-state index is -1.50. The van der Waals surface area contributed by atoms with Gasteiger partial charge in [0, 0.05) is 32.6 Å². The van der Waals surface area contributed by atoms with Crippen molar-refractivity contribution < 1.29 is 47.9 Å². The number of hydrogen-bond acceptors (Lipinski definition) is 10. The first-order valence-electron chi connectivity index (χ1n) is 10.7. The predicted molar refractivity (Wildman–Crippen MR) is 113 cm³/mol. The molecule has 0 aromatic rings. The van der Waals surface area contributed by atoms with E-state index in [0.29, 0.717) is 10.1 Å². The van der Waals surface area contributed by atoms with Gasteiger partial charge in [-0.05, 0) is 27.7 Å². The fourth-order valence-corrected chi connectivity index (χ4v) is 2.27. The summed E-state index contributed by atoms with van der Waals surface area (Å²) in [5.41, 5.74) is -2.64. The lowest BCUT2D eigenvalue weighted by Gasteiger charge is -2.29. The second-order valence-corrected chi connectivity index (χ2v) is 7.83. The van der Waals surface area contributed by atoms with Crippen LogP contribution in [0.25, 0.3) is 0 Å². The Bertz CT molecular complexity index is 744. The first-order chi connectivity index (χ1) is 15.2. The van der Waals surface area contributed by atoms with Gasteiger partial charge in [0.1, 0.15) is 5.60 Å². The molecule has 1 heterocycles. The van der Waals surface area contributed by atoms with Crippen LogP contribution in [-0.4, -0.2) is 63.7 Å². The molecule has 188 valence electrons. The smallest absolute Gasteiger partial charge is 0.427 e. The molecule has 1 aliphatic rings. The van der Waals surface area contributed by atoms with Crippen LogP contribution in [-0.2, 0) is 43.1 Å². The van der Waals surface area contributed by atoms with Crippen molar-refractivity contribution in [3.63, 3.8) is 0 Å². The summed E-state index contributed by atoms with van der Waals surface area (Å²) in [6.07, 6.45) is -1.27. The van der Waals surface area contributed by atoms with Crippen LogP contribution < -0.4 is 0 Å². The second-order valence-electron chi connectivity index (χ2n) is 7.83. The van der Waals surface area contributed by atoms with E-state index >= 15 is 0 Å². The van der Waals surface area contributed by atoms with Crippen LogP contribution in [0.1, 0.15) is 81.1 Å².